The lowest BCUT2D eigenvalue weighted by Crippen LogP contribution is -2.37. The molecule has 0 amide bonds. The molecule has 0 radical (unpaired) electrons. The van der Waals surface area contributed by atoms with Crippen LogP contribution in [-0.2, 0) is 16.0 Å². The highest BCUT2D eigenvalue weighted by Crippen LogP contribution is 2.28. The van der Waals surface area contributed by atoms with Crippen LogP contribution in [0.3, 0.4) is 0 Å². The Kier molecular flexibility index (Phi) is 3.39. The highest BCUT2D eigenvalue weighted by Gasteiger charge is 2.36. The molecule has 4 nitrogen and oxygen atoms in total. The van der Waals surface area contributed by atoms with E-state index >= 15 is 0 Å². The van der Waals surface area contributed by atoms with Crippen molar-refractivity contribution in [3.8, 4) is 0 Å². The van der Waals surface area contributed by atoms with Gasteiger partial charge in [-0.15, -0.1) is 0 Å². The van der Waals surface area contributed by atoms with E-state index in [-0.39, 0.29) is 5.60 Å². The molecule has 1 aromatic heterocycles. The number of methoxy groups -OCH3 is 1. The van der Waals surface area contributed by atoms with Crippen LogP contribution in [0, 0.1) is 4.77 Å². The summed E-state index contributed by atoms with van der Waals surface area (Å²) in [5.74, 6) is 0. The third kappa shape index (κ3) is 2.21. The van der Waals surface area contributed by atoms with Gasteiger partial charge in [0.25, 0.3) is 0 Å². The summed E-state index contributed by atoms with van der Waals surface area (Å²) in [5.41, 5.74) is 1.58. The zero-order valence-electron chi connectivity index (χ0n) is 10.6. The quantitative estimate of drug-likeness (QED) is 0.885. The van der Waals surface area contributed by atoms with Gasteiger partial charge in [0.2, 0.25) is 0 Å². The van der Waals surface area contributed by atoms with Gasteiger partial charge in [0, 0.05) is 20.1 Å². The summed E-state index contributed by atoms with van der Waals surface area (Å²) < 4.78 is 13.8. The highest BCUT2D eigenvalue weighted by atomic mass is 35.5. The Balaban J connectivity index is 2.08. The molecule has 102 valence electrons. The molecule has 2 heterocycles. The van der Waals surface area contributed by atoms with E-state index in [1.54, 1.807) is 7.11 Å². The molecule has 0 aliphatic carbocycles. The minimum atomic E-state index is -0.296. The predicted octanol–water partition coefficient (Wildman–Crippen LogP) is 3.16. The number of para-hydroxylation sites is 1. The van der Waals surface area contributed by atoms with E-state index in [1.165, 1.54) is 0 Å². The van der Waals surface area contributed by atoms with Crippen molar-refractivity contribution in [3.63, 3.8) is 0 Å². The zero-order valence-corrected chi connectivity index (χ0v) is 12.2. The van der Waals surface area contributed by atoms with Crippen LogP contribution < -0.4 is 0 Å². The van der Waals surface area contributed by atoms with Gasteiger partial charge < -0.3 is 19.0 Å². The summed E-state index contributed by atoms with van der Waals surface area (Å²) in [4.78, 5) is 3.16. The number of halogens is 1. The van der Waals surface area contributed by atoms with Crippen LogP contribution in [0.2, 0.25) is 5.02 Å². The molecule has 2 aromatic rings. The molecular weight excluding hydrogens is 284 g/mol. The number of benzene rings is 1. The molecule has 1 aromatic carbocycles. The summed E-state index contributed by atoms with van der Waals surface area (Å²) in [7, 11) is 1.72. The molecule has 1 saturated heterocycles. The maximum atomic E-state index is 6.18. The molecule has 0 saturated carbocycles. The lowest BCUT2D eigenvalue weighted by atomic mass is 10.0. The van der Waals surface area contributed by atoms with Crippen LogP contribution in [-0.4, -0.2) is 35.5 Å². The van der Waals surface area contributed by atoms with Crippen LogP contribution in [0.4, 0.5) is 0 Å². The number of fused-ring (bicyclic) bond motifs is 1. The summed E-state index contributed by atoms with van der Waals surface area (Å²) in [6, 6.07) is 5.78. The van der Waals surface area contributed by atoms with Gasteiger partial charge in [-0.1, -0.05) is 17.7 Å². The van der Waals surface area contributed by atoms with Crippen LogP contribution in [0.25, 0.3) is 11.0 Å². The summed E-state index contributed by atoms with van der Waals surface area (Å²) in [6.45, 7) is 1.99. The fourth-order valence-electron chi connectivity index (χ4n) is 2.53. The first-order valence-electron chi connectivity index (χ1n) is 6.15. The second-order valence-corrected chi connectivity index (χ2v) is 5.63. The number of aromatic amines is 1. The monoisotopic (exact) mass is 298 g/mol. The first kappa shape index (κ1) is 13.1. The Morgan fingerprint density at radius 3 is 3.11 bits per heavy atom. The lowest BCUT2D eigenvalue weighted by molar-refractivity contribution is -0.0290. The van der Waals surface area contributed by atoms with Crippen molar-refractivity contribution >= 4 is 34.9 Å². The van der Waals surface area contributed by atoms with Crippen molar-refractivity contribution in [3.05, 3.63) is 28.0 Å². The molecule has 1 aliphatic heterocycles. The number of hydrogen-bond acceptors (Lipinski definition) is 3. The molecule has 0 bridgehead atoms. The lowest BCUT2D eigenvalue weighted by Gasteiger charge is -2.26. The van der Waals surface area contributed by atoms with Gasteiger partial charge in [-0.2, -0.15) is 0 Å². The van der Waals surface area contributed by atoms with E-state index in [2.05, 4.69) is 4.98 Å². The fraction of sp³-hybridized carbons (Fsp3) is 0.462. The van der Waals surface area contributed by atoms with Gasteiger partial charge in [0.15, 0.2) is 4.77 Å². The first-order chi connectivity index (χ1) is 9.15. The van der Waals surface area contributed by atoms with Crippen LogP contribution >= 0.6 is 23.8 Å². The number of H-pyrrole nitrogens is 1. The minimum Gasteiger partial charge on any atom is -0.378 e. The number of imidazole rings is 1. The Bertz CT molecular complexity index is 658. The maximum Gasteiger partial charge on any atom is 0.178 e. The van der Waals surface area contributed by atoms with Gasteiger partial charge in [-0.3, -0.25) is 0 Å². The fourth-order valence-corrected chi connectivity index (χ4v) is 3.01. The molecule has 1 unspecified atom stereocenters. The third-order valence-electron chi connectivity index (χ3n) is 3.71. The van der Waals surface area contributed by atoms with Crippen molar-refractivity contribution in [2.45, 2.75) is 18.6 Å². The van der Waals surface area contributed by atoms with Gasteiger partial charge in [0.1, 0.15) is 5.60 Å². The van der Waals surface area contributed by atoms with E-state index in [9.17, 15) is 0 Å². The van der Waals surface area contributed by atoms with E-state index in [1.807, 2.05) is 22.8 Å². The molecule has 3 rings (SSSR count). The number of nitrogens with one attached hydrogen (secondary N) is 1. The van der Waals surface area contributed by atoms with Gasteiger partial charge in [-0.25, -0.2) is 0 Å². The predicted molar refractivity (Wildman–Crippen MR) is 77.3 cm³/mol. The Labute approximate surface area is 121 Å². The smallest absolute Gasteiger partial charge is 0.178 e. The van der Waals surface area contributed by atoms with Crippen molar-refractivity contribution < 1.29 is 9.47 Å². The Hall–Kier alpha value is -0.880. The first-order valence-corrected chi connectivity index (χ1v) is 6.94. The highest BCUT2D eigenvalue weighted by molar-refractivity contribution is 7.71. The van der Waals surface area contributed by atoms with Gasteiger partial charge in [0.05, 0.1) is 29.2 Å². The number of nitrogens with zero attached hydrogens (tertiary/aromatic N) is 1. The molecule has 1 atom stereocenters. The number of ether oxygens (including phenoxy) is 2. The van der Waals surface area contributed by atoms with Gasteiger partial charge >= 0.3 is 0 Å². The van der Waals surface area contributed by atoms with E-state index in [0.717, 1.165) is 24.1 Å². The zero-order chi connectivity index (χ0) is 13.5. The standard InChI is InChI=1S/C13H15ClN2O2S/c1-17-13(5-6-18-8-13)7-16-10-4-2-3-9(14)11(10)15-12(16)19/h2-4H,5-8H2,1H3,(H,15,19). The largest absolute Gasteiger partial charge is 0.378 e. The number of hydrogen-bond donors (Lipinski definition) is 1. The Morgan fingerprint density at radius 1 is 1.58 bits per heavy atom. The molecule has 1 fully saturated rings. The molecule has 6 heteroatoms. The minimum absolute atomic E-state index is 0.296. The SMILES string of the molecule is COC1(Cn2c(=S)[nH]c3c(Cl)cccc32)CCOC1. The number of aromatic nitrogens is 2. The van der Waals surface area contributed by atoms with E-state index < -0.39 is 0 Å². The van der Waals surface area contributed by atoms with Gasteiger partial charge in [-0.05, 0) is 24.4 Å². The summed E-state index contributed by atoms with van der Waals surface area (Å²) >= 11 is 11.6. The summed E-state index contributed by atoms with van der Waals surface area (Å²) in [6.07, 6.45) is 0.874. The van der Waals surface area contributed by atoms with Crippen molar-refractivity contribution in [2.24, 2.45) is 0 Å². The number of rotatable bonds is 3. The van der Waals surface area contributed by atoms with Crippen LogP contribution in [0.1, 0.15) is 6.42 Å². The average molecular weight is 299 g/mol. The topological polar surface area (TPSA) is 39.2 Å². The summed E-state index contributed by atoms with van der Waals surface area (Å²) in [5, 5.41) is 0.677. The van der Waals surface area contributed by atoms with Crippen molar-refractivity contribution in [1.29, 1.82) is 0 Å². The second kappa shape index (κ2) is 4.90. The molecule has 1 N–H and O–H groups in total. The van der Waals surface area contributed by atoms with Crippen molar-refractivity contribution in [1.82, 2.24) is 9.55 Å². The van der Waals surface area contributed by atoms with E-state index in [0.29, 0.717) is 22.9 Å². The Morgan fingerprint density at radius 2 is 2.42 bits per heavy atom. The normalized spacial score (nSPS) is 23.3. The van der Waals surface area contributed by atoms with Crippen LogP contribution in [0.15, 0.2) is 18.2 Å². The average Bonchev–Trinajstić information content (AvgIpc) is 2.99. The molecule has 0 spiro atoms. The second-order valence-electron chi connectivity index (χ2n) is 4.84. The molecular formula is C13H15ClN2O2S. The van der Waals surface area contributed by atoms with E-state index in [4.69, 9.17) is 33.3 Å². The van der Waals surface area contributed by atoms with Crippen molar-refractivity contribution in [2.75, 3.05) is 20.3 Å². The molecule has 19 heavy (non-hydrogen) atoms. The van der Waals surface area contributed by atoms with Crippen LogP contribution in [0.5, 0.6) is 0 Å². The maximum absolute atomic E-state index is 6.18. The molecule has 1 aliphatic rings. The third-order valence-corrected chi connectivity index (χ3v) is 4.34.